The summed E-state index contributed by atoms with van der Waals surface area (Å²) in [5, 5.41) is 3.18. The number of fused-ring (bicyclic) bond motifs is 1. The minimum Gasteiger partial charge on any atom is -0.346 e. The van der Waals surface area contributed by atoms with E-state index in [-0.39, 0.29) is 24.4 Å². The molecule has 0 bridgehead atoms. The van der Waals surface area contributed by atoms with Crippen LogP contribution >= 0.6 is 11.8 Å². The summed E-state index contributed by atoms with van der Waals surface area (Å²) in [6.45, 7) is 3.01. The topological polar surface area (TPSA) is 52.7 Å². The number of carbonyl (C=O) groups excluding carboxylic acids is 2. The Hall–Kier alpha value is -2.31. The maximum atomic E-state index is 12.9. The van der Waals surface area contributed by atoms with Crippen molar-refractivity contribution in [1.29, 1.82) is 0 Å². The molecule has 2 amide bonds. The first kappa shape index (κ1) is 19.0. The number of hydrogen-bond donors (Lipinski definition) is 1. The molecule has 6 heteroatoms. The molecule has 2 aromatic carbocycles. The zero-order valence-electron chi connectivity index (χ0n) is 15.8. The van der Waals surface area contributed by atoms with Crippen LogP contribution in [0.1, 0.15) is 24.4 Å². The molecule has 1 atom stereocenters. The number of amides is 2. The molecule has 0 aromatic heterocycles. The highest BCUT2D eigenvalue weighted by molar-refractivity contribution is 8.00. The van der Waals surface area contributed by atoms with Gasteiger partial charge in [0.15, 0.2) is 0 Å². The van der Waals surface area contributed by atoms with Gasteiger partial charge in [-0.15, -0.1) is 11.8 Å². The lowest BCUT2D eigenvalue weighted by Gasteiger charge is -2.30. The molecule has 1 unspecified atom stereocenters. The van der Waals surface area contributed by atoms with Gasteiger partial charge < -0.3 is 15.1 Å². The number of benzene rings is 2. The molecule has 2 aromatic rings. The van der Waals surface area contributed by atoms with Gasteiger partial charge in [-0.1, -0.05) is 42.5 Å². The molecule has 4 rings (SSSR count). The van der Waals surface area contributed by atoms with Crippen molar-refractivity contribution in [3.63, 3.8) is 0 Å². The van der Waals surface area contributed by atoms with Gasteiger partial charge in [-0.05, 0) is 43.6 Å². The Kier molecular flexibility index (Phi) is 5.98. The van der Waals surface area contributed by atoms with Crippen LogP contribution in [0.25, 0.3) is 0 Å². The minimum absolute atomic E-state index is 0.0188. The smallest absolute Gasteiger partial charge is 0.240 e. The van der Waals surface area contributed by atoms with Crippen LogP contribution in [-0.2, 0) is 9.59 Å². The number of anilines is 1. The number of thioether (sulfide) groups is 1. The average Bonchev–Trinajstić information content (AvgIpc) is 3.23. The fourth-order valence-electron chi connectivity index (χ4n) is 3.85. The van der Waals surface area contributed by atoms with Crippen molar-refractivity contribution in [2.75, 3.05) is 36.8 Å². The van der Waals surface area contributed by atoms with Gasteiger partial charge in [-0.3, -0.25) is 9.59 Å². The Labute approximate surface area is 170 Å². The molecule has 1 fully saturated rings. The molecular formula is C22H25N3O2S. The molecule has 2 heterocycles. The van der Waals surface area contributed by atoms with E-state index in [1.165, 1.54) is 24.6 Å². The lowest BCUT2D eigenvalue weighted by Crippen LogP contribution is -2.45. The number of para-hydroxylation sites is 1. The number of nitrogens with zero attached hydrogens (tertiary/aromatic N) is 2. The summed E-state index contributed by atoms with van der Waals surface area (Å²) in [5.41, 5.74) is 1.93. The molecule has 2 aliphatic heterocycles. The minimum atomic E-state index is -0.122. The van der Waals surface area contributed by atoms with Crippen molar-refractivity contribution in [2.45, 2.75) is 23.8 Å². The predicted molar refractivity (Wildman–Crippen MR) is 113 cm³/mol. The predicted octanol–water partition coefficient (Wildman–Crippen LogP) is 3.08. The van der Waals surface area contributed by atoms with Gasteiger partial charge in [0.05, 0.1) is 17.5 Å². The second kappa shape index (κ2) is 8.80. The van der Waals surface area contributed by atoms with E-state index in [1.807, 2.05) is 42.5 Å². The van der Waals surface area contributed by atoms with E-state index in [2.05, 4.69) is 22.3 Å². The maximum Gasteiger partial charge on any atom is 0.240 e. The van der Waals surface area contributed by atoms with Crippen molar-refractivity contribution >= 4 is 29.3 Å². The van der Waals surface area contributed by atoms with Gasteiger partial charge in [0, 0.05) is 11.4 Å². The molecule has 0 aliphatic carbocycles. The summed E-state index contributed by atoms with van der Waals surface area (Å²) in [7, 11) is 0. The van der Waals surface area contributed by atoms with Crippen LogP contribution in [0.5, 0.6) is 0 Å². The van der Waals surface area contributed by atoms with E-state index in [0.29, 0.717) is 5.75 Å². The van der Waals surface area contributed by atoms with Crippen molar-refractivity contribution in [1.82, 2.24) is 10.2 Å². The number of nitrogens with one attached hydrogen (secondary N) is 1. The lowest BCUT2D eigenvalue weighted by molar-refractivity contribution is -0.123. The summed E-state index contributed by atoms with van der Waals surface area (Å²) in [6, 6.07) is 17.8. The molecule has 146 valence electrons. The summed E-state index contributed by atoms with van der Waals surface area (Å²) >= 11 is 1.53. The van der Waals surface area contributed by atoms with Crippen LogP contribution in [0.2, 0.25) is 0 Å². The van der Waals surface area contributed by atoms with Crippen LogP contribution in [0.15, 0.2) is 59.5 Å². The Balaban J connectivity index is 1.48. The maximum absolute atomic E-state index is 12.9. The van der Waals surface area contributed by atoms with Crippen LogP contribution in [-0.4, -0.2) is 48.6 Å². The molecule has 1 N–H and O–H groups in total. The largest absolute Gasteiger partial charge is 0.346 e. The third-order valence-corrected chi connectivity index (χ3v) is 6.33. The molecule has 5 nitrogen and oxygen atoms in total. The Morgan fingerprint density at radius 2 is 1.75 bits per heavy atom. The second-order valence-electron chi connectivity index (χ2n) is 7.27. The second-order valence-corrected chi connectivity index (χ2v) is 8.29. The third kappa shape index (κ3) is 4.39. The quantitative estimate of drug-likeness (QED) is 0.817. The summed E-state index contributed by atoms with van der Waals surface area (Å²) in [4.78, 5) is 30.4. The van der Waals surface area contributed by atoms with Crippen molar-refractivity contribution in [2.24, 2.45) is 0 Å². The molecule has 1 saturated heterocycles. The van der Waals surface area contributed by atoms with Crippen molar-refractivity contribution in [3.8, 4) is 0 Å². The van der Waals surface area contributed by atoms with Crippen LogP contribution in [0.3, 0.4) is 0 Å². The molecular weight excluding hydrogens is 370 g/mol. The first-order valence-corrected chi connectivity index (χ1v) is 10.8. The Bertz CT molecular complexity index is 837. The highest BCUT2D eigenvalue weighted by Gasteiger charge is 2.27. The van der Waals surface area contributed by atoms with E-state index in [0.717, 1.165) is 35.8 Å². The van der Waals surface area contributed by atoms with E-state index in [4.69, 9.17) is 0 Å². The van der Waals surface area contributed by atoms with Crippen molar-refractivity contribution in [3.05, 3.63) is 60.2 Å². The fourth-order valence-corrected chi connectivity index (χ4v) is 4.79. The lowest BCUT2D eigenvalue weighted by atomic mass is 10.1. The third-order valence-electron chi connectivity index (χ3n) is 5.29. The first-order chi connectivity index (χ1) is 13.7. The van der Waals surface area contributed by atoms with E-state index < -0.39 is 0 Å². The first-order valence-electron chi connectivity index (χ1n) is 9.79. The molecule has 2 aliphatic rings. The Morgan fingerprint density at radius 1 is 1.04 bits per heavy atom. The molecule has 28 heavy (non-hydrogen) atoms. The van der Waals surface area contributed by atoms with Crippen LogP contribution < -0.4 is 10.2 Å². The Morgan fingerprint density at radius 3 is 2.54 bits per heavy atom. The van der Waals surface area contributed by atoms with Gasteiger partial charge in [0.25, 0.3) is 0 Å². The van der Waals surface area contributed by atoms with Crippen LogP contribution in [0.4, 0.5) is 5.69 Å². The van der Waals surface area contributed by atoms with E-state index in [1.54, 1.807) is 4.90 Å². The van der Waals surface area contributed by atoms with E-state index in [9.17, 15) is 9.59 Å². The normalized spacial score (nSPS) is 18.0. The van der Waals surface area contributed by atoms with Crippen molar-refractivity contribution < 1.29 is 9.59 Å². The molecule has 0 saturated carbocycles. The van der Waals surface area contributed by atoms with Gasteiger partial charge >= 0.3 is 0 Å². The standard InChI is InChI=1S/C22H25N3O2S/c26-21(15-25-19-10-4-5-11-20(19)28-16-22(25)27)23-18(14-24-12-6-7-13-24)17-8-2-1-3-9-17/h1-5,8-11,18H,6-7,12-16H2,(H,23,26). The summed E-state index contributed by atoms with van der Waals surface area (Å²) < 4.78 is 0. The number of likely N-dealkylation sites (tertiary alicyclic amines) is 1. The number of rotatable bonds is 6. The van der Waals surface area contributed by atoms with Gasteiger partial charge in [0.2, 0.25) is 11.8 Å². The van der Waals surface area contributed by atoms with Gasteiger partial charge in [-0.2, -0.15) is 0 Å². The zero-order valence-corrected chi connectivity index (χ0v) is 16.7. The number of carbonyl (C=O) groups is 2. The van der Waals surface area contributed by atoms with Crippen LogP contribution in [0, 0.1) is 0 Å². The van der Waals surface area contributed by atoms with Gasteiger partial charge in [-0.25, -0.2) is 0 Å². The SMILES string of the molecule is O=C(CN1C(=O)CSc2ccccc21)NC(CN1CCCC1)c1ccccc1. The summed E-state index contributed by atoms with van der Waals surface area (Å²) in [6.07, 6.45) is 2.43. The molecule has 0 radical (unpaired) electrons. The monoisotopic (exact) mass is 395 g/mol. The highest BCUT2D eigenvalue weighted by Crippen LogP contribution is 2.34. The fraction of sp³-hybridized carbons (Fsp3) is 0.364. The highest BCUT2D eigenvalue weighted by atomic mass is 32.2. The summed E-state index contributed by atoms with van der Waals surface area (Å²) in [5.74, 6) is 0.234. The number of hydrogen-bond acceptors (Lipinski definition) is 4. The van der Waals surface area contributed by atoms with Gasteiger partial charge in [0.1, 0.15) is 6.54 Å². The zero-order chi connectivity index (χ0) is 19.3. The average molecular weight is 396 g/mol. The molecule has 0 spiro atoms. The van der Waals surface area contributed by atoms with E-state index >= 15 is 0 Å².